The van der Waals surface area contributed by atoms with Crippen LogP contribution in [-0.4, -0.2) is 35.5 Å². The average Bonchev–Trinajstić information content (AvgIpc) is 2.95. The zero-order chi connectivity index (χ0) is 14.7. The van der Waals surface area contributed by atoms with Gasteiger partial charge in [-0.2, -0.15) is 10.4 Å². The highest BCUT2D eigenvalue weighted by molar-refractivity contribution is 5.57. The standard InChI is InChI=1S/C15H25N5/c1-11(2)9-20(10-13-6-5-7-17-13)15-14(8-16)12(3)18-19(15)4/h11,13,17H,5-7,9-10H2,1-4H3. The minimum absolute atomic E-state index is 0.524. The van der Waals surface area contributed by atoms with Gasteiger partial charge in [0.05, 0.1) is 5.69 Å². The topological polar surface area (TPSA) is 56.9 Å². The molecule has 5 heteroatoms. The lowest BCUT2D eigenvalue weighted by Crippen LogP contribution is -2.40. The first-order valence-electron chi connectivity index (χ1n) is 7.45. The van der Waals surface area contributed by atoms with Crippen LogP contribution in [-0.2, 0) is 7.05 Å². The molecule has 0 aromatic carbocycles. The number of aromatic nitrogens is 2. The van der Waals surface area contributed by atoms with Gasteiger partial charge < -0.3 is 10.2 Å². The average molecular weight is 275 g/mol. The molecule has 0 spiro atoms. The fourth-order valence-electron chi connectivity index (χ4n) is 3.01. The molecule has 0 aliphatic carbocycles. The Morgan fingerprint density at radius 3 is 2.85 bits per heavy atom. The van der Waals surface area contributed by atoms with Crippen LogP contribution in [0.4, 0.5) is 5.82 Å². The molecule has 5 nitrogen and oxygen atoms in total. The molecule has 1 aromatic rings. The second-order valence-corrected chi connectivity index (χ2v) is 6.11. The Balaban J connectivity index is 2.28. The van der Waals surface area contributed by atoms with Crippen LogP contribution >= 0.6 is 0 Å². The maximum Gasteiger partial charge on any atom is 0.145 e. The lowest BCUT2D eigenvalue weighted by Gasteiger charge is -2.29. The van der Waals surface area contributed by atoms with E-state index in [4.69, 9.17) is 0 Å². The van der Waals surface area contributed by atoms with Crippen LogP contribution in [0.25, 0.3) is 0 Å². The van der Waals surface area contributed by atoms with Crippen molar-refractivity contribution in [3.05, 3.63) is 11.3 Å². The van der Waals surface area contributed by atoms with Gasteiger partial charge in [-0.25, -0.2) is 0 Å². The molecule has 1 atom stereocenters. The summed E-state index contributed by atoms with van der Waals surface area (Å²) in [5, 5.41) is 17.4. The first-order chi connectivity index (χ1) is 9.52. The van der Waals surface area contributed by atoms with E-state index >= 15 is 0 Å². The van der Waals surface area contributed by atoms with E-state index in [-0.39, 0.29) is 0 Å². The van der Waals surface area contributed by atoms with Gasteiger partial charge >= 0.3 is 0 Å². The lowest BCUT2D eigenvalue weighted by atomic mass is 10.1. The first-order valence-corrected chi connectivity index (χ1v) is 7.45. The number of rotatable bonds is 5. The molecule has 2 heterocycles. The number of nitrogens with one attached hydrogen (secondary N) is 1. The van der Waals surface area contributed by atoms with Gasteiger partial charge in [0.25, 0.3) is 0 Å². The molecule has 1 N–H and O–H groups in total. The predicted octanol–water partition coefficient (Wildman–Crippen LogP) is 1.81. The third-order valence-electron chi connectivity index (χ3n) is 3.79. The molecule has 1 aliphatic heterocycles. The molecule has 0 radical (unpaired) electrons. The fourth-order valence-corrected chi connectivity index (χ4v) is 3.01. The molecular weight excluding hydrogens is 250 g/mol. The van der Waals surface area contributed by atoms with Gasteiger partial charge in [-0.3, -0.25) is 4.68 Å². The summed E-state index contributed by atoms with van der Waals surface area (Å²) in [6.07, 6.45) is 2.46. The zero-order valence-electron chi connectivity index (χ0n) is 13.0. The van der Waals surface area contributed by atoms with Gasteiger partial charge in [-0.15, -0.1) is 0 Å². The highest BCUT2D eigenvalue weighted by Crippen LogP contribution is 2.24. The third-order valence-corrected chi connectivity index (χ3v) is 3.79. The second kappa shape index (κ2) is 6.27. The van der Waals surface area contributed by atoms with Crippen LogP contribution in [0.2, 0.25) is 0 Å². The second-order valence-electron chi connectivity index (χ2n) is 6.11. The van der Waals surface area contributed by atoms with Gasteiger partial charge in [0, 0.05) is 26.2 Å². The Hall–Kier alpha value is -1.54. The maximum absolute atomic E-state index is 9.41. The van der Waals surface area contributed by atoms with Crippen molar-refractivity contribution in [3.8, 4) is 6.07 Å². The predicted molar refractivity (Wildman–Crippen MR) is 80.7 cm³/mol. The van der Waals surface area contributed by atoms with Gasteiger partial charge in [-0.05, 0) is 32.2 Å². The number of anilines is 1. The summed E-state index contributed by atoms with van der Waals surface area (Å²) in [5.41, 5.74) is 1.53. The summed E-state index contributed by atoms with van der Waals surface area (Å²) >= 11 is 0. The summed E-state index contributed by atoms with van der Waals surface area (Å²) in [6.45, 7) is 9.34. The van der Waals surface area contributed by atoms with Crippen molar-refractivity contribution in [1.82, 2.24) is 15.1 Å². The van der Waals surface area contributed by atoms with Crippen LogP contribution in [0.3, 0.4) is 0 Å². The van der Waals surface area contributed by atoms with Crippen molar-refractivity contribution in [3.63, 3.8) is 0 Å². The van der Waals surface area contributed by atoms with E-state index < -0.39 is 0 Å². The minimum atomic E-state index is 0.524. The molecule has 20 heavy (non-hydrogen) atoms. The van der Waals surface area contributed by atoms with Crippen LogP contribution < -0.4 is 10.2 Å². The van der Waals surface area contributed by atoms with Gasteiger partial charge in [0.1, 0.15) is 17.5 Å². The molecule has 1 unspecified atom stereocenters. The van der Waals surface area contributed by atoms with Crippen LogP contribution in [0.15, 0.2) is 0 Å². The van der Waals surface area contributed by atoms with Crippen molar-refractivity contribution in [2.45, 2.75) is 39.7 Å². The van der Waals surface area contributed by atoms with E-state index in [2.05, 4.69) is 35.2 Å². The molecule has 0 amide bonds. The largest absolute Gasteiger partial charge is 0.354 e. The maximum atomic E-state index is 9.41. The fraction of sp³-hybridized carbons (Fsp3) is 0.733. The van der Waals surface area contributed by atoms with E-state index in [1.54, 1.807) is 0 Å². The molecule has 0 saturated carbocycles. The van der Waals surface area contributed by atoms with E-state index in [1.807, 2.05) is 18.7 Å². The van der Waals surface area contributed by atoms with E-state index in [0.717, 1.165) is 31.1 Å². The van der Waals surface area contributed by atoms with Crippen molar-refractivity contribution < 1.29 is 0 Å². The Morgan fingerprint density at radius 2 is 2.30 bits per heavy atom. The molecule has 1 saturated heterocycles. The monoisotopic (exact) mass is 275 g/mol. The summed E-state index contributed by atoms with van der Waals surface area (Å²) in [7, 11) is 1.93. The number of aryl methyl sites for hydroxylation is 2. The molecule has 1 aromatic heterocycles. The van der Waals surface area contributed by atoms with Crippen LogP contribution in [0.5, 0.6) is 0 Å². The molecule has 2 rings (SSSR count). The highest BCUT2D eigenvalue weighted by atomic mass is 15.4. The molecular formula is C15H25N5. The highest BCUT2D eigenvalue weighted by Gasteiger charge is 2.24. The quantitative estimate of drug-likeness (QED) is 0.890. The Morgan fingerprint density at radius 1 is 1.55 bits per heavy atom. The van der Waals surface area contributed by atoms with Crippen molar-refractivity contribution in [2.75, 3.05) is 24.5 Å². The van der Waals surface area contributed by atoms with E-state index in [0.29, 0.717) is 17.5 Å². The molecule has 1 fully saturated rings. The van der Waals surface area contributed by atoms with Crippen LogP contribution in [0.1, 0.15) is 37.9 Å². The third kappa shape index (κ3) is 3.13. The van der Waals surface area contributed by atoms with Gasteiger partial charge in [0.2, 0.25) is 0 Å². The summed E-state index contributed by atoms with van der Waals surface area (Å²) in [5.74, 6) is 1.52. The zero-order valence-corrected chi connectivity index (χ0v) is 13.0. The normalized spacial score (nSPS) is 18.5. The summed E-state index contributed by atoms with van der Waals surface area (Å²) in [6, 6.07) is 2.84. The van der Waals surface area contributed by atoms with Gasteiger partial charge in [0.15, 0.2) is 0 Å². The minimum Gasteiger partial charge on any atom is -0.354 e. The molecule has 0 bridgehead atoms. The first kappa shape index (κ1) is 14.9. The number of hydrogen-bond acceptors (Lipinski definition) is 4. The van der Waals surface area contributed by atoms with Crippen molar-refractivity contribution in [1.29, 1.82) is 5.26 Å². The van der Waals surface area contributed by atoms with Crippen molar-refractivity contribution in [2.24, 2.45) is 13.0 Å². The van der Waals surface area contributed by atoms with E-state index in [1.165, 1.54) is 12.8 Å². The number of hydrogen-bond donors (Lipinski definition) is 1. The Labute approximate surface area is 121 Å². The Bertz CT molecular complexity index is 491. The summed E-state index contributed by atoms with van der Waals surface area (Å²) < 4.78 is 1.85. The SMILES string of the molecule is Cc1nn(C)c(N(CC(C)C)CC2CCCN2)c1C#N. The number of nitriles is 1. The van der Waals surface area contributed by atoms with Crippen LogP contribution in [0, 0.1) is 24.2 Å². The summed E-state index contributed by atoms with van der Waals surface area (Å²) in [4.78, 5) is 2.33. The smallest absolute Gasteiger partial charge is 0.145 e. The lowest BCUT2D eigenvalue weighted by molar-refractivity contribution is 0.529. The van der Waals surface area contributed by atoms with Crippen molar-refractivity contribution >= 4 is 5.82 Å². The molecule has 1 aliphatic rings. The van der Waals surface area contributed by atoms with E-state index in [9.17, 15) is 5.26 Å². The Kier molecular flexibility index (Phi) is 4.66. The van der Waals surface area contributed by atoms with Gasteiger partial charge in [-0.1, -0.05) is 13.8 Å². The molecule has 110 valence electrons. The number of nitrogens with zero attached hydrogens (tertiary/aromatic N) is 4.